The predicted octanol–water partition coefficient (Wildman–Crippen LogP) is 3.99. The number of rotatable bonds is 14. The van der Waals surface area contributed by atoms with Crippen molar-refractivity contribution in [2.45, 2.75) is 59.5 Å². The van der Waals surface area contributed by atoms with Crippen LogP contribution in [0.15, 0.2) is 48.5 Å². The highest BCUT2D eigenvalue weighted by atomic mass is 32.2. The monoisotopic (exact) mass is 531 g/mol. The van der Waals surface area contributed by atoms with Crippen LogP contribution in [0.1, 0.15) is 51.7 Å². The molecule has 37 heavy (non-hydrogen) atoms. The van der Waals surface area contributed by atoms with Crippen LogP contribution in [0, 0.1) is 5.92 Å². The van der Waals surface area contributed by atoms with Crippen molar-refractivity contribution in [2.24, 2.45) is 5.92 Å². The van der Waals surface area contributed by atoms with Crippen LogP contribution in [0.3, 0.4) is 0 Å². The Hall–Kier alpha value is -3.07. The number of carbonyl (C=O) groups excluding carboxylic acids is 2. The highest BCUT2D eigenvalue weighted by Crippen LogP contribution is 2.20. The molecule has 0 aliphatic rings. The topological polar surface area (TPSA) is 96.0 Å². The molecular weight excluding hydrogens is 490 g/mol. The van der Waals surface area contributed by atoms with Crippen molar-refractivity contribution in [2.75, 3.05) is 30.8 Å². The summed E-state index contributed by atoms with van der Waals surface area (Å²) >= 11 is 0. The number of amides is 2. The fourth-order valence-corrected chi connectivity index (χ4v) is 4.83. The molecule has 1 unspecified atom stereocenters. The second-order valence-electron chi connectivity index (χ2n) is 9.64. The molecule has 8 nitrogen and oxygen atoms in total. The maximum absolute atomic E-state index is 13.4. The molecule has 0 saturated heterocycles. The average Bonchev–Trinajstić information content (AvgIpc) is 2.87. The molecule has 2 amide bonds. The van der Waals surface area contributed by atoms with Crippen molar-refractivity contribution in [1.29, 1.82) is 0 Å². The molecule has 2 rings (SSSR count). The van der Waals surface area contributed by atoms with Crippen molar-refractivity contribution in [3.05, 3.63) is 59.7 Å². The predicted molar refractivity (Wildman–Crippen MR) is 148 cm³/mol. The number of anilines is 1. The third-order valence-corrected chi connectivity index (χ3v) is 7.34. The summed E-state index contributed by atoms with van der Waals surface area (Å²) in [6, 6.07) is 14.1. The molecular formula is C28H41N3O5S. The minimum atomic E-state index is -3.52. The van der Waals surface area contributed by atoms with Gasteiger partial charge in [0, 0.05) is 26.1 Å². The van der Waals surface area contributed by atoms with Gasteiger partial charge in [0.15, 0.2) is 0 Å². The lowest BCUT2D eigenvalue weighted by Gasteiger charge is -2.29. The second-order valence-corrected chi connectivity index (χ2v) is 11.6. The summed E-state index contributed by atoms with van der Waals surface area (Å²) in [6.07, 6.45) is 2.46. The highest BCUT2D eigenvalue weighted by Gasteiger charge is 2.26. The number of sulfonamides is 1. The normalized spacial score (nSPS) is 12.2. The molecule has 0 spiro atoms. The molecule has 2 aromatic carbocycles. The van der Waals surface area contributed by atoms with Gasteiger partial charge in [-0.3, -0.25) is 13.9 Å². The van der Waals surface area contributed by atoms with Crippen LogP contribution in [-0.2, 0) is 32.6 Å². The molecule has 0 saturated carbocycles. The number of hydrogen-bond donors (Lipinski definition) is 1. The molecule has 1 N–H and O–H groups in total. The standard InChI is InChI=1S/C28H41N3O5S/c1-7-23-10-14-25(15-11-23)31(37(6,34)35)18-8-9-27(32)30(22(4)28(33)29-19-21(2)3)20-24-12-16-26(36-5)17-13-24/h10-17,21-22H,7-9,18-20H2,1-6H3,(H,29,33). The van der Waals surface area contributed by atoms with Crippen LogP contribution in [0.4, 0.5) is 5.69 Å². The Kier molecular flexibility index (Phi) is 11.4. The lowest BCUT2D eigenvalue weighted by atomic mass is 10.1. The van der Waals surface area contributed by atoms with Gasteiger partial charge in [-0.2, -0.15) is 0 Å². The first-order chi connectivity index (χ1) is 17.5. The number of hydrogen-bond acceptors (Lipinski definition) is 5. The maximum Gasteiger partial charge on any atom is 0.242 e. The van der Waals surface area contributed by atoms with Gasteiger partial charge in [0.25, 0.3) is 0 Å². The molecule has 9 heteroatoms. The third-order valence-electron chi connectivity index (χ3n) is 6.15. The van der Waals surface area contributed by atoms with E-state index < -0.39 is 16.1 Å². The summed E-state index contributed by atoms with van der Waals surface area (Å²) in [6.45, 7) is 8.72. The van der Waals surface area contributed by atoms with E-state index in [0.29, 0.717) is 24.4 Å². The van der Waals surface area contributed by atoms with Crippen molar-refractivity contribution in [1.82, 2.24) is 10.2 Å². The molecule has 0 heterocycles. The van der Waals surface area contributed by atoms with Gasteiger partial charge in [-0.15, -0.1) is 0 Å². The Bertz CT molecular complexity index is 1120. The van der Waals surface area contributed by atoms with Crippen LogP contribution < -0.4 is 14.4 Å². The van der Waals surface area contributed by atoms with Gasteiger partial charge in [0.1, 0.15) is 11.8 Å². The minimum Gasteiger partial charge on any atom is -0.497 e. The first kappa shape index (κ1) is 30.2. The summed E-state index contributed by atoms with van der Waals surface area (Å²) in [5, 5.41) is 2.91. The largest absolute Gasteiger partial charge is 0.497 e. The smallest absolute Gasteiger partial charge is 0.242 e. The van der Waals surface area contributed by atoms with Gasteiger partial charge < -0.3 is 15.0 Å². The second kappa shape index (κ2) is 14.0. The Morgan fingerprint density at radius 3 is 2.08 bits per heavy atom. The Balaban J connectivity index is 2.15. The van der Waals surface area contributed by atoms with Crippen LogP contribution in [0.2, 0.25) is 0 Å². The van der Waals surface area contributed by atoms with Gasteiger partial charge in [0.05, 0.1) is 19.1 Å². The number of nitrogens with zero attached hydrogens (tertiary/aromatic N) is 2. The Morgan fingerprint density at radius 1 is 0.973 bits per heavy atom. The van der Waals surface area contributed by atoms with Gasteiger partial charge in [-0.25, -0.2) is 8.42 Å². The van der Waals surface area contributed by atoms with E-state index >= 15 is 0 Å². The van der Waals surface area contributed by atoms with Crippen molar-refractivity contribution >= 4 is 27.5 Å². The van der Waals surface area contributed by atoms with Gasteiger partial charge in [-0.1, -0.05) is 45.0 Å². The molecule has 1 atom stereocenters. The lowest BCUT2D eigenvalue weighted by molar-refractivity contribution is -0.140. The summed E-state index contributed by atoms with van der Waals surface area (Å²) < 4.78 is 31.5. The van der Waals surface area contributed by atoms with E-state index in [1.807, 2.05) is 57.2 Å². The van der Waals surface area contributed by atoms with E-state index in [0.717, 1.165) is 17.5 Å². The molecule has 0 radical (unpaired) electrons. The minimum absolute atomic E-state index is 0.108. The summed E-state index contributed by atoms with van der Waals surface area (Å²) in [5.41, 5.74) is 2.56. The van der Waals surface area contributed by atoms with E-state index in [9.17, 15) is 18.0 Å². The van der Waals surface area contributed by atoms with Crippen molar-refractivity contribution in [3.63, 3.8) is 0 Å². The van der Waals surface area contributed by atoms with Gasteiger partial charge >= 0.3 is 0 Å². The van der Waals surface area contributed by atoms with Crippen molar-refractivity contribution in [3.8, 4) is 5.75 Å². The zero-order valence-electron chi connectivity index (χ0n) is 22.9. The zero-order chi connectivity index (χ0) is 27.6. The van der Waals surface area contributed by atoms with Crippen LogP contribution >= 0.6 is 0 Å². The Morgan fingerprint density at radius 2 is 1.57 bits per heavy atom. The van der Waals surface area contributed by atoms with Crippen LogP contribution in [0.5, 0.6) is 5.75 Å². The summed E-state index contributed by atoms with van der Waals surface area (Å²) in [5.74, 6) is 0.564. The van der Waals surface area contributed by atoms with Gasteiger partial charge in [0.2, 0.25) is 21.8 Å². The lowest BCUT2D eigenvalue weighted by Crippen LogP contribution is -2.48. The van der Waals surface area contributed by atoms with E-state index in [4.69, 9.17) is 4.74 Å². The molecule has 0 aromatic heterocycles. The SMILES string of the molecule is CCc1ccc(N(CCCC(=O)N(Cc2ccc(OC)cc2)C(C)C(=O)NCC(C)C)S(C)(=O)=O)cc1. The first-order valence-electron chi connectivity index (χ1n) is 12.7. The molecule has 0 aliphatic carbocycles. The maximum atomic E-state index is 13.4. The molecule has 204 valence electrons. The van der Waals surface area contributed by atoms with E-state index in [-0.39, 0.29) is 37.2 Å². The van der Waals surface area contributed by atoms with Gasteiger partial charge in [-0.05, 0) is 61.1 Å². The Labute approximate surface area is 222 Å². The van der Waals surface area contributed by atoms with Crippen molar-refractivity contribution < 1.29 is 22.7 Å². The summed E-state index contributed by atoms with van der Waals surface area (Å²) in [7, 11) is -1.94. The van der Waals surface area contributed by atoms with E-state index in [1.165, 1.54) is 10.6 Å². The molecule has 0 aliphatic heterocycles. The third kappa shape index (κ3) is 9.39. The number of ether oxygens (including phenoxy) is 1. The molecule has 2 aromatic rings. The summed E-state index contributed by atoms with van der Waals surface area (Å²) in [4.78, 5) is 27.7. The highest BCUT2D eigenvalue weighted by molar-refractivity contribution is 7.92. The fraction of sp³-hybridized carbons (Fsp3) is 0.500. The molecule has 0 bridgehead atoms. The quantitative estimate of drug-likeness (QED) is 0.398. The fourth-order valence-electron chi connectivity index (χ4n) is 3.86. The number of carbonyl (C=O) groups is 2. The number of benzene rings is 2. The first-order valence-corrected chi connectivity index (χ1v) is 14.6. The number of methoxy groups -OCH3 is 1. The van der Waals surface area contributed by atoms with E-state index in [1.54, 1.807) is 31.1 Å². The number of nitrogens with one attached hydrogen (secondary N) is 1. The van der Waals surface area contributed by atoms with E-state index in [2.05, 4.69) is 5.32 Å². The van der Waals surface area contributed by atoms with Crippen LogP contribution in [0.25, 0.3) is 0 Å². The van der Waals surface area contributed by atoms with Crippen LogP contribution in [-0.4, -0.2) is 57.6 Å². The molecule has 0 fully saturated rings. The number of aryl methyl sites for hydroxylation is 1. The zero-order valence-corrected chi connectivity index (χ0v) is 23.7. The average molecular weight is 532 g/mol.